The van der Waals surface area contributed by atoms with E-state index < -0.39 is 0 Å². The molecule has 0 aliphatic rings. The summed E-state index contributed by atoms with van der Waals surface area (Å²) in [6.45, 7) is 1.92. The zero-order valence-corrected chi connectivity index (χ0v) is 5.09. The smallest absolute Gasteiger partial charge is 0.330 e. The number of rotatable bonds is 2. The van der Waals surface area contributed by atoms with E-state index in [2.05, 4.69) is 15.6 Å². The summed E-state index contributed by atoms with van der Waals surface area (Å²) in [5.74, 6) is 5.56. The Kier molecular flexibility index (Phi) is 1.64. The van der Waals surface area contributed by atoms with E-state index in [0.717, 1.165) is 6.42 Å². The molecule has 0 saturated heterocycles. The van der Waals surface area contributed by atoms with Crippen molar-refractivity contribution in [3.8, 4) is 0 Å². The number of hydrogen-bond acceptors (Lipinski definition) is 5. The maximum absolute atomic E-state index is 4.97. The van der Waals surface area contributed by atoms with Crippen molar-refractivity contribution in [1.29, 1.82) is 0 Å². The third-order valence-corrected chi connectivity index (χ3v) is 0.893. The van der Waals surface area contributed by atoms with Crippen LogP contribution >= 0.6 is 0 Å². The Hall–Kier alpha value is -1.10. The largest absolute Gasteiger partial charge is 0.407 e. The third kappa shape index (κ3) is 1.17. The SMILES string of the molecule is CCc1nnc(NN)o1. The summed E-state index contributed by atoms with van der Waals surface area (Å²) in [5.41, 5.74) is 2.24. The van der Waals surface area contributed by atoms with Crippen molar-refractivity contribution in [3.05, 3.63) is 5.89 Å². The van der Waals surface area contributed by atoms with Crippen LogP contribution in [0.15, 0.2) is 4.42 Å². The molecule has 3 N–H and O–H groups in total. The van der Waals surface area contributed by atoms with Crippen molar-refractivity contribution in [2.24, 2.45) is 5.84 Å². The number of aromatic nitrogens is 2. The molecular weight excluding hydrogens is 120 g/mol. The molecule has 0 aliphatic heterocycles. The molecule has 9 heavy (non-hydrogen) atoms. The molecule has 0 amide bonds. The minimum atomic E-state index is 0.256. The summed E-state index contributed by atoms with van der Waals surface area (Å²) >= 11 is 0. The lowest BCUT2D eigenvalue weighted by Crippen LogP contribution is -2.06. The number of nitrogen functional groups attached to an aromatic ring is 1. The standard InChI is InChI=1S/C4H8N4O/c1-2-3-7-8-4(6-5)9-3/h2,5H2,1H3,(H,6,8). The average Bonchev–Trinajstić information content (AvgIpc) is 2.34. The van der Waals surface area contributed by atoms with Gasteiger partial charge in [-0.15, -0.1) is 5.10 Å². The van der Waals surface area contributed by atoms with Crippen LogP contribution in [0.1, 0.15) is 12.8 Å². The molecule has 0 saturated carbocycles. The normalized spacial score (nSPS) is 9.56. The third-order valence-electron chi connectivity index (χ3n) is 0.893. The molecule has 50 valence electrons. The molecule has 0 bridgehead atoms. The van der Waals surface area contributed by atoms with Crippen molar-refractivity contribution < 1.29 is 4.42 Å². The highest BCUT2D eigenvalue weighted by molar-refractivity contribution is 5.12. The van der Waals surface area contributed by atoms with Gasteiger partial charge in [0.1, 0.15) is 0 Å². The zero-order chi connectivity index (χ0) is 6.69. The minimum absolute atomic E-state index is 0.256. The van der Waals surface area contributed by atoms with Gasteiger partial charge in [0.2, 0.25) is 5.89 Å². The Balaban J connectivity index is 2.74. The lowest BCUT2D eigenvalue weighted by Gasteiger charge is -1.84. The van der Waals surface area contributed by atoms with Gasteiger partial charge in [0.25, 0.3) is 0 Å². The fourth-order valence-electron chi connectivity index (χ4n) is 0.455. The molecule has 0 atom stereocenters. The van der Waals surface area contributed by atoms with Crippen LogP contribution in [0.3, 0.4) is 0 Å². The van der Waals surface area contributed by atoms with E-state index in [1.807, 2.05) is 6.92 Å². The van der Waals surface area contributed by atoms with Gasteiger partial charge in [-0.25, -0.2) is 5.84 Å². The first-order chi connectivity index (χ1) is 4.36. The molecule has 0 spiro atoms. The fourth-order valence-corrected chi connectivity index (χ4v) is 0.455. The lowest BCUT2D eigenvalue weighted by atomic mass is 10.5. The molecule has 0 radical (unpaired) electrons. The molecule has 1 aromatic rings. The quantitative estimate of drug-likeness (QED) is 0.430. The van der Waals surface area contributed by atoms with Crippen molar-refractivity contribution >= 4 is 6.01 Å². The number of nitrogens with one attached hydrogen (secondary N) is 1. The highest BCUT2D eigenvalue weighted by atomic mass is 16.4. The molecule has 0 unspecified atom stereocenters. The van der Waals surface area contributed by atoms with Gasteiger partial charge in [0, 0.05) is 6.42 Å². The van der Waals surface area contributed by atoms with Gasteiger partial charge >= 0.3 is 6.01 Å². The van der Waals surface area contributed by atoms with Crippen molar-refractivity contribution in [2.45, 2.75) is 13.3 Å². The van der Waals surface area contributed by atoms with Gasteiger partial charge in [-0.1, -0.05) is 12.0 Å². The monoisotopic (exact) mass is 128 g/mol. The van der Waals surface area contributed by atoms with Crippen LogP contribution in [-0.2, 0) is 6.42 Å². The molecule has 1 aromatic heterocycles. The van der Waals surface area contributed by atoms with Crippen LogP contribution in [0.5, 0.6) is 0 Å². The predicted molar refractivity (Wildman–Crippen MR) is 31.5 cm³/mol. The number of nitrogens with two attached hydrogens (primary N) is 1. The Morgan fingerprint density at radius 3 is 2.78 bits per heavy atom. The molecule has 1 rings (SSSR count). The van der Waals surface area contributed by atoms with Gasteiger partial charge in [-0.3, -0.25) is 5.43 Å². The van der Waals surface area contributed by atoms with Crippen LogP contribution in [0.2, 0.25) is 0 Å². The summed E-state index contributed by atoms with van der Waals surface area (Å²) in [7, 11) is 0. The molecular formula is C4H8N4O. The van der Waals surface area contributed by atoms with E-state index in [1.54, 1.807) is 0 Å². The molecule has 5 nitrogen and oxygen atoms in total. The number of anilines is 1. The predicted octanol–water partition coefficient (Wildman–Crippen LogP) is -0.0824. The second-order valence-electron chi connectivity index (χ2n) is 1.50. The Morgan fingerprint density at radius 2 is 2.44 bits per heavy atom. The van der Waals surface area contributed by atoms with Gasteiger partial charge < -0.3 is 4.42 Å². The second kappa shape index (κ2) is 2.45. The highest BCUT2D eigenvalue weighted by Gasteiger charge is 1.98. The summed E-state index contributed by atoms with van der Waals surface area (Å²) in [6.07, 6.45) is 0.731. The number of hydrazine groups is 1. The zero-order valence-electron chi connectivity index (χ0n) is 5.09. The van der Waals surface area contributed by atoms with Crippen LogP contribution in [0, 0.1) is 0 Å². The summed E-state index contributed by atoms with van der Waals surface area (Å²) in [4.78, 5) is 0. The first kappa shape index (κ1) is 6.03. The minimum Gasteiger partial charge on any atom is -0.407 e. The Labute approximate surface area is 52.2 Å². The summed E-state index contributed by atoms with van der Waals surface area (Å²) in [5, 5.41) is 7.20. The highest BCUT2D eigenvalue weighted by Crippen LogP contribution is 2.02. The summed E-state index contributed by atoms with van der Waals surface area (Å²) < 4.78 is 4.92. The van der Waals surface area contributed by atoms with E-state index in [1.165, 1.54) is 0 Å². The van der Waals surface area contributed by atoms with Crippen LogP contribution in [0.25, 0.3) is 0 Å². The van der Waals surface area contributed by atoms with Crippen LogP contribution in [0.4, 0.5) is 6.01 Å². The van der Waals surface area contributed by atoms with E-state index in [-0.39, 0.29) is 6.01 Å². The van der Waals surface area contributed by atoms with E-state index in [9.17, 15) is 0 Å². The number of aryl methyl sites for hydroxylation is 1. The Bertz CT molecular complexity index is 166. The van der Waals surface area contributed by atoms with E-state index >= 15 is 0 Å². The van der Waals surface area contributed by atoms with Crippen molar-refractivity contribution in [3.63, 3.8) is 0 Å². The van der Waals surface area contributed by atoms with Crippen molar-refractivity contribution in [2.75, 3.05) is 5.43 Å². The van der Waals surface area contributed by atoms with Gasteiger partial charge in [0.05, 0.1) is 0 Å². The first-order valence-corrected chi connectivity index (χ1v) is 2.65. The first-order valence-electron chi connectivity index (χ1n) is 2.65. The molecule has 5 heteroatoms. The van der Waals surface area contributed by atoms with E-state index in [0.29, 0.717) is 5.89 Å². The number of hydrogen-bond donors (Lipinski definition) is 2. The topological polar surface area (TPSA) is 77.0 Å². The average molecular weight is 128 g/mol. The molecule has 1 heterocycles. The Morgan fingerprint density at radius 1 is 1.67 bits per heavy atom. The molecule has 0 aromatic carbocycles. The summed E-state index contributed by atoms with van der Waals surface area (Å²) in [6, 6.07) is 0.256. The fraction of sp³-hybridized carbons (Fsp3) is 0.500. The second-order valence-corrected chi connectivity index (χ2v) is 1.50. The van der Waals surface area contributed by atoms with E-state index in [4.69, 9.17) is 10.3 Å². The maximum atomic E-state index is 4.97. The maximum Gasteiger partial charge on any atom is 0.330 e. The number of nitrogens with zero attached hydrogens (tertiary/aromatic N) is 2. The van der Waals surface area contributed by atoms with Gasteiger partial charge in [0.15, 0.2) is 0 Å². The van der Waals surface area contributed by atoms with Gasteiger partial charge in [-0.2, -0.15) is 0 Å². The van der Waals surface area contributed by atoms with Crippen LogP contribution in [-0.4, -0.2) is 10.2 Å². The van der Waals surface area contributed by atoms with Gasteiger partial charge in [-0.05, 0) is 0 Å². The lowest BCUT2D eigenvalue weighted by molar-refractivity contribution is 0.512. The molecule has 0 aliphatic carbocycles. The molecule has 0 fully saturated rings. The van der Waals surface area contributed by atoms with Crippen LogP contribution < -0.4 is 11.3 Å². The van der Waals surface area contributed by atoms with Crippen molar-refractivity contribution in [1.82, 2.24) is 10.2 Å².